The normalized spacial score (nSPS) is 13.4. The number of nitrogens with two attached hydrogens (primary N) is 1. The van der Waals surface area contributed by atoms with Gasteiger partial charge in [-0.15, -0.1) is 0 Å². The van der Waals surface area contributed by atoms with E-state index >= 15 is 0 Å². The molecule has 0 fully saturated rings. The molecule has 0 aromatic rings. The van der Waals surface area contributed by atoms with Gasteiger partial charge in [0.1, 0.15) is 6.04 Å². The molecule has 0 unspecified atom stereocenters. The lowest BCUT2D eigenvalue weighted by Crippen LogP contribution is -2.33. The summed E-state index contributed by atoms with van der Waals surface area (Å²) in [4.78, 5) is 11.3. The maximum Gasteiger partial charge on any atom is 0.322 e. The second kappa shape index (κ2) is 6.82. The highest BCUT2D eigenvalue weighted by atomic mass is 16.5. The largest absolute Gasteiger partial charge is 0.465 e. The third-order valence-corrected chi connectivity index (χ3v) is 1.97. The first kappa shape index (κ1) is 13.4. The summed E-state index contributed by atoms with van der Waals surface area (Å²) in [7, 11) is 0. The molecule has 84 valence electrons. The van der Waals surface area contributed by atoms with Gasteiger partial charge >= 0.3 is 5.97 Å². The van der Waals surface area contributed by atoms with Crippen LogP contribution in [0.2, 0.25) is 0 Å². The third kappa shape index (κ3) is 6.89. The Morgan fingerprint density at radius 1 is 1.21 bits per heavy atom. The molecule has 0 spiro atoms. The highest BCUT2D eigenvalue weighted by Gasteiger charge is 2.16. The minimum absolute atomic E-state index is 0.264. The minimum Gasteiger partial charge on any atom is -0.465 e. The maximum atomic E-state index is 11.3. The van der Waals surface area contributed by atoms with Gasteiger partial charge in [-0.2, -0.15) is 0 Å². The molecule has 0 aromatic heterocycles. The lowest BCUT2D eigenvalue weighted by atomic mass is 10.1. The summed E-state index contributed by atoms with van der Waals surface area (Å²) in [6.45, 7) is 8.77. The fraction of sp³-hybridized carbons (Fsp3) is 0.909. The molecule has 3 nitrogen and oxygen atoms in total. The van der Waals surface area contributed by atoms with E-state index in [1.165, 1.54) is 0 Å². The zero-order chi connectivity index (χ0) is 11.1. The Morgan fingerprint density at radius 3 is 2.21 bits per heavy atom. The predicted molar refractivity (Wildman–Crippen MR) is 57.8 cm³/mol. The smallest absolute Gasteiger partial charge is 0.322 e. The van der Waals surface area contributed by atoms with Crippen molar-refractivity contribution < 1.29 is 9.53 Å². The van der Waals surface area contributed by atoms with Crippen LogP contribution in [0.5, 0.6) is 0 Å². The molecule has 1 atom stereocenters. The van der Waals surface area contributed by atoms with Gasteiger partial charge in [-0.3, -0.25) is 4.79 Å². The third-order valence-electron chi connectivity index (χ3n) is 1.97. The van der Waals surface area contributed by atoms with Crippen molar-refractivity contribution in [1.29, 1.82) is 0 Å². The SMILES string of the molecule is CC(C)CCOC(=O)[C@H](N)CC(C)C. The molecule has 2 N–H and O–H groups in total. The quantitative estimate of drug-likeness (QED) is 0.668. The van der Waals surface area contributed by atoms with Crippen molar-refractivity contribution in [2.24, 2.45) is 17.6 Å². The lowest BCUT2D eigenvalue weighted by Gasteiger charge is -2.13. The number of ether oxygens (including phenoxy) is 1. The first-order valence-corrected chi connectivity index (χ1v) is 5.35. The molecule has 0 rings (SSSR count). The predicted octanol–water partition coefficient (Wildman–Crippen LogP) is 1.95. The van der Waals surface area contributed by atoms with E-state index in [4.69, 9.17) is 10.5 Å². The van der Waals surface area contributed by atoms with Crippen LogP contribution in [0.15, 0.2) is 0 Å². The Hall–Kier alpha value is -0.570. The van der Waals surface area contributed by atoms with Crippen molar-refractivity contribution in [3.05, 3.63) is 0 Å². The highest BCUT2D eigenvalue weighted by molar-refractivity contribution is 5.75. The fourth-order valence-corrected chi connectivity index (χ4v) is 1.11. The molecular formula is C11H23NO2. The molecule has 3 heteroatoms. The molecule has 0 aromatic carbocycles. The zero-order valence-corrected chi connectivity index (χ0v) is 9.75. The van der Waals surface area contributed by atoms with Crippen LogP contribution in [0.1, 0.15) is 40.5 Å². The lowest BCUT2D eigenvalue weighted by molar-refractivity contribution is -0.145. The summed E-state index contributed by atoms with van der Waals surface area (Å²) >= 11 is 0. The number of esters is 1. The Morgan fingerprint density at radius 2 is 1.79 bits per heavy atom. The zero-order valence-electron chi connectivity index (χ0n) is 9.75. The van der Waals surface area contributed by atoms with Gasteiger partial charge in [0.2, 0.25) is 0 Å². The van der Waals surface area contributed by atoms with Gasteiger partial charge in [0.15, 0.2) is 0 Å². The number of hydrogen-bond acceptors (Lipinski definition) is 3. The number of rotatable bonds is 6. The van der Waals surface area contributed by atoms with Crippen LogP contribution >= 0.6 is 0 Å². The molecule has 14 heavy (non-hydrogen) atoms. The van der Waals surface area contributed by atoms with E-state index in [0.717, 1.165) is 6.42 Å². The monoisotopic (exact) mass is 201 g/mol. The average Bonchev–Trinajstić information content (AvgIpc) is 2.01. The molecule has 0 heterocycles. The second-order valence-electron chi connectivity index (χ2n) is 4.59. The van der Waals surface area contributed by atoms with Crippen LogP contribution in [0.3, 0.4) is 0 Å². The van der Waals surface area contributed by atoms with Crippen LogP contribution in [0.4, 0.5) is 0 Å². The van der Waals surface area contributed by atoms with Crippen LogP contribution < -0.4 is 5.73 Å². The molecule has 0 radical (unpaired) electrons. The average molecular weight is 201 g/mol. The summed E-state index contributed by atoms with van der Waals surface area (Å²) in [5.74, 6) is 0.728. The van der Waals surface area contributed by atoms with Crippen molar-refractivity contribution in [2.45, 2.75) is 46.6 Å². The van der Waals surface area contributed by atoms with Crippen molar-refractivity contribution >= 4 is 5.97 Å². The van der Waals surface area contributed by atoms with Crippen molar-refractivity contribution in [2.75, 3.05) is 6.61 Å². The first-order chi connectivity index (χ1) is 6.43. The van der Waals surface area contributed by atoms with E-state index in [1.54, 1.807) is 0 Å². The fourth-order valence-electron chi connectivity index (χ4n) is 1.11. The van der Waals surface area contributed by atoms with E-state index in [-0.39, 0.29) is 5.97 Å². The summed E-state index contributed by atoms with van der Waals surface area (Å²) in [5, 5.41) is 0. The minimum atomic E-state index is -0.456. The van der Waals surface area contributed by atoms with Gasteiger partial charge in [0, 0.05) is 0 Å². The van der Waals surface area contributed by atoms with E-state index in [0.29, 0.717) is 24.9 Å². The highest BCUT2D eigenvalue weighted by Crippen LogP contribution is 2.05. The topological polar surface area (TPSA) is 52.3 Å². The van der Waals surface area contributed by atoms with Gasteiger partial charge in [0.05, 0.1) is 6.61 Å². The van der Waals surface area contributed by atoms with Gasteiger partial charge in [-0.1, -0.05) is 27.7 Å². The molecule has 0 aliphatic carbocycles. The van der Waals surface area contributed by atoms with Crippen molar-refractivity contribution in [3.8, 4) is 0 Å². The van der Waals surface area contributed by atoms with Gasteiger partial charge in [-0.05, 0) is 24.7 Å². The number of hydrogen-bond donors (Lipinski definition) is 1. The molecule has 0 aliphatic heterocycles. The van der Waals surface area contributed by atoms with E-state index in [1.807, 2.05) is 13.8 Å². The molecular weight excluding hydrogens is 178 g/mol. The summed E-state index contributed by atoms with van der Waals surface area (Å²) < 4.78 is 5.05. The Bertz CT molecular complexity index is 167. The van der Waals surface area contributed by atoms with Gasteiger partial charge in [-0.25, -0.2) is 0 Å². The van der Waals surface area contributed by atoms with Crippen LogP contribution in [0.25, 0.3) is 0 Å². The molecule has 0 aliphatic rings. The number of carbonyl (C=O) groups is 1. The van der Waals surface area contributed by atoms with E-state index in [2.05, 4.69) is 13.8 Å². The summed E-state index contributed by atoms with van der Waals surface area (Å²) in [5.41, 5.74) is 5.66. The molecule has 0 saturated heterocycles. The van der Waals surface area contributed by atoms with Crippen LogP contribution in [-0.4, -0.2) is 18.6 Å². The van der Waals surface area contributed by atoms with Crippen LogP contribution in [0, 0.1) is 11.8 Å². The van der Waals surface area contributed by atoms with Crippen molar-refractivity contribution in [1.82, 2.24) is 0 Å². The van der Waals surface area contributed by atoms with E-state index < -0.39 is 6.04 Å². The molecule has 0 bridgehead atoms. The standard InChI is InChI=1S/C11H23NO2/c1-8(2)5-6-14-11(13)10(12)7-9(3)4/h8-10H,5-7,12H2,1-4H3/t10-/m1/s1. The summed E-state index contributed by atoms with van der Waals surface area (Å²) in [6.07, 6.45) is 1.60. The van der Waals surface area contributed by atoms with E-state index in [9.17, 15) is 4.79 Å². The Balaban J connectivity index is 3.62. The number of carbonyl (C=O) groups excluding carboxylic acids is 1. The second-order valence-corrected chi connectivity index (χ2v) is 4.59. The van der Waals surface area contributed by atoms with Crippen LogP contribution in [-0.2, 0) is 9.53 Å². The van der Waals surface area contributed by atoms with Crippen molar-refractivity contribution in [3.63, 3.8) is 0 Å². The van der Waals surface area contributed by atoms with Gasteiger partial charge < -0.3 is 10.5 Å². The summed E-state index contributed by atoms with van der Waals surface area (Å²) in [6, 6.07) is -0.456. The Kier molecular flexibility index (Phi) is 6.54. The maximum absolute atomic E-state index is 11.3. The Labute approximate surface area is 87.0 Å². The first-order valence-electron chi connectivity index (χ1n) is 5.35. The van der Waals surface area contributed by atoms with Gasteiger partial charge in [0.25, 0.3) is 0 Å². The molecule has 0 saturated carbocycles. The molecule has 0 amide bonds.